The first-order chi connectivity index (χ1) is 8.61. The molecule has 0 unspecified atom stereocenters. The number of methoxy groups -OCH3 is 1. The van der Waals surface area contributed by atoms with E-state index in [-0.39, 0.29) is 5.91 Å². The quantitative estimate of drug-likeness (QED) is 0.894. The monoisotopic (exact) mass is 262 g/mol. The average molecular weight is 262 g/mol. The van der Waals surface area contributed by atoms with Crippen LogP contribution in [-0.2, 0) is 0 Å². The highest BCUT2D eigenvalue weighted by Crippen LogP contribution is 2.27. The molecule has 18 heavy (non-hydrogen) atoms. The van der Waals surface area contributed by atoms with E-state index in [9.17, 15) is 4.79 Å². The van der Waals surface area contributed by atoms with Crippen LogP contribution in [0.15, 0.2) is 30.3 Å². The molecule has 1 amide bonds. The molecule has 4 nitrogen and oxygen atoms in total. The number of carbonyl (C=O) groups is 1. The number of nitrogens with two attached hydrogens (primary N) is 1. The number of hydrogen-bond acceptors (Lipinski definition) is 4. The summed E-state index contributed by atoms with van der Waals surface area (Å²) in [6.07, 6.45) is 0. The van der Waals surface area contributed by atoms with E-state index in [0.717, 1.165) is 4.88 Å². The molecule has 1 heterocycles. The first-order valence-corrected chi connectivity index (χ1v) is 6.23. The van der Waals surface area contributed by atoms with Crippen LogP contribution in [0.5, 0.6) is 5.75 Å². The van der Waals surface area contributed by atoms with Gasteiger partial charge in [-0.2, -0.15) is 0 Å². The highest BCUT2D eigenvalue weighted by Gasteiger charge is 2.12. The zero-order valence-electron chi connectivity index (χ0n) is 10.2. The van der Waals surface area contributed by atoms with Crippen LogP contribution in [0.1, 0.15) is 14.5 Å². The van der Waals surface area contributed by atoms with Gasteiger partial charge in [-0.1, -0.05) is 12.1 Å². The zero-order chi connectivity index (χ0) is 13.1. The third-order valence-corrected chi connectivity index (χ3v) is 3.60. The van der Waals surface area contributed by atoms with Crippen LogP contribution in [0.2, 0.25) is 0 Å². The molecule has 1 aromatic heterocycles. The molecule has 0 aliphatic carbocycles. The predicted octanol–water partition coefficient (Wildman–Crippen LogP) is 2.90. The lowest BCUT2D eigenvalue weighted by molar-refractivity contribution is 0.103. The summed E-state index contributed by atoms with van der Waals surface area (Å²) in [6.45, 7) is 1.89. The van der Waals surface area contributed by atoms with Crippen molar-refractivity contribution in [3.63, 3.8) is 0 Å². The topological polar surface area (TPSA) is 64.3 Å². The summed E-state index contributed by atoms with van der Waals surface area (Å²) in [5.74, 6) is 0.455. The Labute approximate surface area is 109 Å². The fourth-order valence-electron chi connectivity index (χ4n) is 1.54. The zero-order valence-corrected chi connectivity index (χ0v) is 11.0. The van der Waals surface area contributed by atoms with Gasteiger partial charge in [0.05, 0.1) is 17.7 Å². The first-order valence-electron chi connectivity index (χ1n) is 5.42. The van der Waals surface area contributed by atoms with Gasteiger partial charge in [0.25, 0.3) is 5.91 Å². The molecule has 0 spiro atoms. The standard InChI is InChI=1S/C13H14N2O2S/c1-8-9(14)7-12(18-8)13(16)15-10-5-3-4-6-11(10)17-2/h3-7H,14H2,1-2H3,(H,15,16). The molecule has 0 aliphatic rings. The SMILES string of the molecule is COc1ccccc1NC(=O)c1cc(N)c(C)s1. The fraction of sp³-hybridized carbons (Fsp3) is 0.154. The highest BCUT2D eigenvalue weighted by molar-refractivity contribution is 7.14. The van der Waals surface area contributed by atoms with Gasteiger partial charge in [-0.3, -0.25) is 4.79 Å². The normalized spacial score (nSPS) is 10.1. The van der Waals surface area contributed by atoms with Gasteiger partial charge in [0.2, 0.25) is 0 Å². The van der Waals surface area contributed by atoms with Gasteiger partial charge in [-0.25, -0.2) is 0 Å². The van der Waals surface area contributed by atoms with Gasteiger partial charge in [0, 0.05) is 10.6 Å². The fourth-order valence-corrected chi connectivity index (χ4v) is 2.38. The molecule has 1 aromatic carbocycles. The minimum Gasteiger partial charge on any atom is -0.495 e. The highest BCUT2D eigenvalue weighted by atomic mass is 32.1. The van der Waals surface area contributed by atoms with Crippen molar-refractivity contribution in [2.75, 3.05) is 18.2 Å². The van der Waals surface area contributed by atoms with Crippen LogP contribution in [0.25, 0.3) is 0 Å². The van der Waals surface area contributed by atoms with Crippen LogP contribution in [0, 0.1) is 6.92 Å². The van der Waals surface area contributed by atoms with E-state index in [1.54, 1.807) is 25.3 Å². The van der Waals surface area contributed by atoms with Crippen molar-refractivity contribution in [3.05, 3.63) is 40.1 Å². The lowest BCUT2D eigenvalue weighted by atomic mass is 10.3. The van der Waals surface area contributed by atoms with Crippen molar-refractivity contribution in [2.45, 2.75) is 6.92 Å². The summed E-state index contributed by atoms with van der Waals surface area (Å²) in [5, 5.41) is 2.81. The number of benzene rings is 1. The van der Waals surface area contributed by atoms with Crippen molar-refractivity contribution >= 4 is 28.6 Å². The Morgan fingerprint density at radius 2 is 2.11 bits per heavy atom. The second-order valence-corrected chi connectivity index (χ2v) is 5.03. The molecule has 0 atom stereocenters. The van der Waals surface area contributed by atoms with Gasteiger partial charge in [0.15, 0.2) is 0 Å². The lowest BCUT2D eigenvalue weighted by Crippen LogP contribution is -2.10. The Bertz CT molecular complexity index is 559. The van der Waals surface area contributed by atoms with Gasteiger partial charge >= 0.3 is 0 Å². The average Bonchev–Trinajstić information content (AvgIpc) is 2.70. The number of nitrogen functional groups attached to an aromatic ring is 1. The lowest BCUT2D eigenvalue weighted by Gasteiger charge is -2.08. The van der Waals surface area contributed by atoms with Crippen LogP contribution in [-0.4, -0.2) is 13.0 Å². The Balaban J connectivity index is 2.21. The molecule has 0 saturated heterocycles. The van der Waals surface area contributed by atoms with E-state index in [1.807, 2.05) is 19.1 Å². The third-order valence-electron chi connectivity index (χ3n) is 2.54. The number of ether oxygens (including phenoxy) is 1. The molecular formula is C13H14N2O2S. The van der Waals surface area contributed by atoms with E-state index in [0.29, 0.717) is 22.0 Å². The summed E-state index contributed by atoms with van der Waals surface area (Å²) in [6, 6.07) is 8.96. The van der Waals surface area contributed by atoms with Gasteiger partial charge in [0.1, 0.15) is 5.75 Å². The summed E-state index contributed by atoms with van der Waals surface area (Å²) < 4.78 is 5.18. The number of rotatable bonds is 3. The maximum absolute atomic E-state index is 12.0. The largest absolute Gasteiger partial charge is 0.495 e. The van der Waals surface area contributed by atoms with E-state index < -0.39 is 0 Å². The Morgan fingerprint density at radius 1 is 1.39 bits per heavy atom. The molecule has 2 rings (SSSR count). The van der Waals surface area contributed by atoms with Crippen LogP contribution in [0.4, 0.5) is 11.4 Å². The molecule has 0 aliphatic heterocycles. The maximum atomic E-state index is 12.0. The Hall–Kier alpha value is -2.01. The smallest absolute Gasteiger partial charge is 0.265 e. The number of amides is 1. The number of aryl methyl sites for hydroxylation is 1. The van der Waals surface area contributed by atoms with E-state index in [4.69, 9.17) is 10.5 Å². The number of carbonyl (C=O) groups excluding carboxylic acids is 1. The summed E-state index contributed by atoms with van der Waals surface area (Å²) in [5.41, 5.74) is 7.03. The number of hydrogen-bond donors (Lipinski definition) is 2. The molecule has 0 saturated carbocycles. The maximum Gasteiger partial charge on any atom is 0.265 e. The number of anilines is 2. The van der Waals surface area contributed by atoms with Gasteiger partial charge < -0.3 is 15.8 Å². The first kappa shape index (κ1) is 12.4. The van der Waals surface area contributed by atoms with E-state index in [1.165, 1.54) is 11.3 Å². The van der Waals surface area contributed by atoms with Crippen LogP contribution in [0.3, 0.4) is 0 Å². The molecule has 94 valence electrons. The number of para-hydroxylation sites is 2. The van der Waals surface area contributed by atoms with Crippen molar-refractivity contribution in [3.8, 4) is 5.75 Å². The molecule has 0 radical (unpaired) electrons. The van der Waals surface area contributed by atoms with Crippen LogP contribution >= 0.6 is 11.3 Å². The molecule has 0 bridgehead atoms. The minimum absolute atomic E-state index is 0.177. The Kier molecular flexibility index (Phi) is 3.53. The van der Waals surface area contributed by atoms with Crippen molar-refractivity contribution in [1.82, 2.24) is 0 Å². The summed E-state index contributed by atoms with van der Waals surface area (Å²) in [7, 11) is 1.57. The molecular weight excluding hydrogens is 248 g/mol. The number of thiophene rings is 1. The predicted molar refractivity (Wildman–Crippen MR) is 74.4 cm³/mol. The molecule has 2 aromatic rings. The minimum atomic E-state index is -0.177. The van der Waals surface area contributed by atoms with Crippen molar-refractivity contribution in [2.24, 2.45) is 0 Å². The summed E-state index contributed by atoms with van der Waals surface area (Å²) in [4.78, 5) is 13.6. The van der Waals surface area contributed by atoms with Crippen molar-refractivity contribution < 1.29 is 9.53 Å². The molecule has 5 heteroatoms. The second kappa shape index (κ2) is 5.10. The molecule has 0 fully saturated rings. The van der Waals surface area contributed by atoms with E-state index in [2.05, 4.69) is 5.32 Å². The van der Waals surface area contributed by atoms with Gasteiger partial charge in [-0.05, 0) is 25.1 Å². The number of nitrogens with one attached hydrogen (secondary N) is 1. The van der Waals surface area contributed by atoms with E-state index >= 15 is 0 Å². The second-order valence-electron chi connectivity index (χ2n) is 3.78. The third kappa shape index (κ3) is 2.46. The molecule has 3 N–H and O–H groups in total. The van der Waals surface area contributed by atoms with Crippen LogP contribution < -0.4 is 15.8 Å². The summed E-state index contributed by atoms with van der Waals surface area (Å²) >= 11 is 1.38. The van der Waals surface area contributed by atoms with Gasteiger partial charge in [-0.15, -0.1) is 11.3 Å². The Morgan fingerprint density at radius 3 is 2.72 bits per heavy atom. The van der Waals surface area contributed by atoms with Crippen molar-refractivity contribution in [1.29, 1.82) is 0 Å².